The van der Waals surface area contributed by atoms with Gasteiger partial charge in [-0.25, -0.2) is 0 Å². The maximum absolute atomic E-state index is 12.0. The van der Waals surface area contributed by atoms with Crippen LogP contribution < -0.4 is 5.32 Å². The average molecular weight is 359 g/mol. The minimum atomic E-state index is -0.0578. The molecular weight excluding hydrogens is 344 g/mol. The Morgan fingerprint density at radius 3 is 2.62 bits per heavy atom. The van der Waals surface area contributed by atoms with E-state index in [1.165, 1.54) is 11.8 Å². The highest BCUT2D eigenvalue weighted by Gasteiger charge is 2.09. The fourth-order valence-corrected chi connectivity index (χ4v) is 2.96. The summed E-state index contributed by atoms with van der Waals surface area (Å²) in [7, 11) is 0. The molecule has 0 aliphatic carbocycles. The second kappa shape index (κ2) is 7.99. The van der Waals surface area contributed by atoms with Crippen molar-refractivity contribution in [3.05, 3.63) is 71.5 Å². The number of benzene rings is 2. The second-order valence-electron chi connectivity index (χ2n) is 5.01. The molecule has 0 fully saturated rings. The number of carbonyl (C=O) groups is 1. The molecular formula is C17H15ClN4OS. The summed E-state index contributed by atoms with van der Waals surface area (Å²) >= 11 is 7.19. The van der Waals surface area contributed by atoms with E-state index < -0.39 is 0 Å². The Kier molecular flexibility index (Phi) is 5.51. The van der Waals surface area contributed by atoms with Crippen LogP contribution in [-0.4, -0.2) is 26.4 Å². The third-order valence-corrected chi connectivity index (χ3v) is 4.48. The lowest BCUT2D eigenvalue weighted by Crippen LogP contribution is -2.24. The zero-order valence-corrected chi connectivity index (χ0v) is 14.3. The number of amides is 1. The summed E-state index contributed by atoms with van der Waals surface area (Å²) in [6, 6.07) is 17.2. The van der Waals surface area contributed by atoms with E-state index in [0.717, 1.165) is 11.3 Å². The van der Waals surface area contributed by atoms with E-state index >= 15 is 0 Å². The van der Waals surface area contributed by atoms with Gasteiger partial charge in [0.15, 0.2) is 5.16 Å². The van der Waals surface area contributed by atoms with Crippen LogP contribution in [-0.2, 0) is 11.3 Å². The number of carbonyl (C=O) groups excluding carboxylic acids is 1. The van der Waals surface area contributed by atoms with Gasteiger partial charge in [0, 0.05) is 17.3 Å². The Hall–Kier alpha value is -2.31. The molecule has 7 heteroatoms. The van der Waals surface area contributed by atoms with Crippen LogP contribution in [0.5, 0.6) is 0 Å². The minimum Gasteiger partial charge on any atom is -0.351 e. The number of para-hydroxylation sites is 1. The van der Waals surface area contributed by atoms with Crippen LogP contribution in [0, 0.1) is 0 Å². The largest absolute Gasteiger partial charge is 0.351 e. The monoisotopic (exact) mass is 358 g/mol. The number of hydrogen-bond donors (Lipinski definition) is 1. The smallest absolute Gasteiger partial charge is 0.230 e. The molecule has 0 atom stereocenters. The summed E-state index contributed by atoms with van der Waals surface area (Å²) in [5.74, 6) is 0.219. The van der Waals surface area contributed by atoms with Crippen LogP contribution in [0.4, 0.5) is 0 Å². The van der Waals surface area contributed by atoms with Gasteiger partial charge in [0.25, 0.3) is 0 Å². The topological polar surface area (TPSA) is 59.8 Å². The lowest BCUT2D eigenvalue weighted by molar-refractivity contribution is -0.118. The zero-order chi connectivity index (χ0) is 16.8. The summed E-state index contributed by atoms with van der Waals surface area (Å²) in [6.07, 6.45) is 1.64. The average Bonchev–Trinajstić information content (AvgIpc) is 3.09. The minimum absolute atomic E-state index is 0.0578. The normalized spacial score (nSPS) is 10.5. The Bertz CT molecular complexity index is 805. The third-order valence-electron chi connectivity index (χ3n) is 3.29. The Labute approximate surface area is 149 Å². The van der Waals surface area contributed by atoms with Gasteiger partial charge in [-0.15, -0.1) is 10.2 Å². The van der Waals surface area contributed by atoms with E-state index in [1.54, 1.807) is 18.5 Å². The standard InChI is InChI=1S/C17H15ClN4OS/c18-14-8-6-13(7-9-14)10-19-16(23)11-24-17-21-20-12-22(17)15-4-2-1-3-5-15/h1-9,12H,10-11H2,(H,19,23). The van der Waals surface area contributed by atoms with Gasteiger partial charge in [-0.1, -0.05) is 53.7 Å². The molecule has 5 nitrogen and oxygen atoms in total. The summed E-state index contributed by atoms with van der Waals surface area (Å²) in [5.41, 5.74) is 1.97. The highest BCUT2D eigenvalue weighted by Crippen LogP contribution is 2.19. The summed E-state index contributed by atoms with van der Waals surface area (Å²) in [6.45, 7) is 0.474. The first kappa shape index (κ1) is 16.5. The maximum atomic E-state index is 12.0. The SMILES string of the molecule is O=C(CSc1nncn1-c1ccccc1)NCc1ccc(Cl)cc1. The van der Waals surface area contributed by atoms with E-state index in [9.17, 15) is 4.79 Å². The van der Waals surface area contributed by atoms with Gasteiger partial charge in [0.2, 0.25) is 5.91 Å². The van der Waals surface area contributed by atoms with Crippen molar-refractivity contribution in [3.63, 3.8) is 0 Å². The van der Waals surface area contributed by atoms with Gasteiger partial charge in [-0.05, 0) is 29.8 Å². The van der Waals surface area contributed by atoms with Crippen molar-refractivity contribution in [2.75, 3.05) is 5.75 Å². The molecule has 3 aromatic rings. The Morgan fingerprint density at radius 1 is 1.12 bits per heavy atom. The quantitative estimate of drug-likeness (QED) is 0.687. The Balaban J connectivity index is 1.54. The highest BCUT2D eigenvalue weighted by molar-refractivity contribution is 7.99. The van der Waals surface area contributed by atoms with Gasteiger partial charge in [-0.3, -0.25) is 9.36 Å². The van der Waals surface area contributed by atoms with Gasteiger partial charge in [0.05, 0.1) is 5.75 Å². The molecule has 1 N–H and O–H groups in total. The van der Waals surface area contributed by atoms with E-state index in [-0.39, 0.29) is 11.7 Å². The van der Waals surface area contributed by atoms with Crippen molar-refractivity contribution in [2.45, 2.75) is 11.7 Å². The number of thioether (sulfide) groups is 1. The summed E-state index contributed by atoms with van der Waals surface area (Å²) in [5, 5.41) is 12.2. The summed E-state index contributed by atoms with van der Waals surface area (Å²) in [4.78, 5) is 12.0. The molecule has 0 bridgehead atoms. The number of hydrogen-bond acceptors (Lipinski definition) is 4. The van der Waals surface area contributed by atoms with E-state index in [4.69, 9.17) is 11.6 Å². The zero-order valence-electron chi connectivity index (χ0n) is 12.7. The van der Waals surface area contributed by atoms with Crippen LogP contribution in [0.25, 0.3) is 5.69 Å². The first-order valence-electron chi connectivity index (χ1n) is 7.32. The molecule has 0 spiro atoms. The molecule has 24 heavy (non-hydrogen) atoms. The molecule has 1 amide bonds. The lowest BCUT2D eigenvalue weighted by atomic mass is 10.2. The molecule has 0 aliphatic rings. The van der Waals surface area contributed by atoms with Crippen molar-refractivity contribution in [3.8, 4) is 5.69 Å². The first-order valence-corrected chi connectivity index (χ1v) is 8.68. The van der Waals surface area contributed by atoms with Crippen LogP contribution in [0.15, 0.2) is 66.1 Å². The van der Waals surface area contributed by atoms with Crippen LogP contribution in [0.1, 0.15) is 5.56 Å². The van der Waals surface area contributed by atoms with Crippen molar-refractivity contribution in [2.24, 2.45) is 0 Å². The fourth-order valence-electron chi connectivity index (χ4n) is 2.07. The van der Waals surface area contributed by atoms with Crippen molar-refractivity contribution < 1.29 is 4.79 Å². The molecule has 1 aromatic heterocycles. The molecule has 0 saturated heterocycles. The number of aromatic nitrogens is 3. The Morgan fingerprint density at radius 2 is 1.88 bits per heavy atom. The van der Waals surface area contributed by atoms with Crippen LogP contribution >= 0.6 is 23.4 Å². The predicted molar refractivity (Wildman–Crippen MR) is 95.4 cm³/mol. The summed E-state index contributed by atoms with van der Waals surface area (Å²) < 4.78 is 1.86. The number of halogens is 1. The lowest BCUT2D eigenvalue weighted by Gasteiger charge is -2.07. The van der Waals surface area contributed by atoms with Crippen molar-refractivity contribution >= 4 is 29.3 Å². The number of rotatable bonds is 6. The third kappa shape index (κ3) is 4.37. The molecule has 3 rings (SSSR count). The van der Waals surface area contributed by atoms with Crippen LogP contribution in [0.2, 0.25) is 5.02 Å². The molecule has 1 heterocycles. The number of nitrogens with zero attached hydrogens (tertiary/aromatic N) is 3. The van der Waals surface area contributed by atoms with Gasteiger partial charge in [0.1, 0.15) is 6.33 Å². The molecule has 2 aromatic carbocycles. The van der Waals surface area contributed by atoms with E-state index in [0.29, 0.717) is 16.7 Å². The van der Waals surface area contributed by atoms with E-state index in [2.05, 4.69) is 15.5 Å². The van der Waals surface area contributed by atoms with Crippen molar-refractivity contribution in [1.29, 1.82) is 0 Å². The molecule has 0 aliphatic heterocycles. The first-order chi connectivity index (χ1) is 11.7. The molecule has 122 valence electrons. The van der Waals surface area contributed by atoms with Gasteiger partial charge in [-0.2, -0.15) is 0 Å². The molecule has 0 unspecified atom stereocenters. The van der Waals surface area contributed by atoms with Gasteiger partial charge >= 0.3 is 0 Å². The highest BCUT2D eigenvalue weighted by atomic mass is 35.5. The van der Waals surface area contributed by atoms with Crippen molar-refractivity contribution in [1.82, 2.24) is 20.1 Å². The number of nitrogens with one attached hydrogen (secondary N) is 1. The molecule has 0 saturated carbocycles. The van der Waals surface area contributed by atoms with Crippen LogP contribution in [0.3, 0.4) is 0 Å². The fraction of sp³-hybridized carbons (Fsp3) is 0.118. The molecule has 0 radical (unpaired) electrons. The maximum Gasteiger partial charge on any atom is 0.230 e. The van der Waals surface area contributed by atoms with Gasteiger partial charge < -0.3 is 5.32 Å². The second-order valence-corrected chi connectivity index (χ2v) is 6.39. The predicted octanol–water partition coefficient (Wildman–Crippen LogP) is 3.33. The van der Waals surface area contributed by atoms with E-state index in [1.807, 2.05) is 47.0 Å².